The molecule has 2 aromatic rings. The second-order valence-corrected chi connectivity index (χ2v) is 6.26. The van der Waals surface area contributed by atoms with E-state index < -0.39 is 0 Å². The lowest BCUT2D eigenvalue weighted by Gasteiger charge is -2.25. The number of para-hydroxylation sites is 1. The van der Waals surface area contributed by atoms with E-state index in [1.165, 1.54) is 5.56 Å². The first-order valence-electron chi connectivity index (χ1n) is 6.70. The maximum Gasteiger partial charge on any atom is 0.124 e. The van der Waals surface area contributed by atoms with Crippen molar-refractivity contribution in [1.82, 2.24) is 0 Å². The van der Waals surface area contributed by atoms with Gasteiger partial charge in [-0.1, -0.05) is 46.3 Å². The minimum absolute atomic E-state index is 0.413. The fourth-order valence-electron chi connectivity index (χ4n) is 2.51. The minimum Gasteiger partial charge on any atom is -0.491 e. The normalized spacial score (nSPS) is 14.0. The van der Waals surface area contributed by atoms with Crippen LogP contribution in [0.2, 0.25) is 0 Å². The molecule has 0 fully saturated rings. The third-order valence-electron chi connectivity index (χ3n) is 3.52. The summed E-state index contributed by atoms with van der Waals surface area (Å²) in [6, 6.07) is 14.1. The van der Waals surface area contributed by atoms with Gasteiger partial charge in [0.15, 0.2) is 0 Å². The molecule has 1 aliphatic rings. The van der Waals surface area contributed by atoms with Gasteiger partial charge < -0.3 is 15.4 Å². The maximum atomic E-state index is 5.86. The average Bonchev–Trinajstić information content (AvgIpc) is 2.68. The molecule has 0 atom stereocenters. The van der Waals surface area contributed by atoms with Gasteiger partial charge >= 0.3 is 0 Å². The van der Waals surface area contributed by atoms with Crippen molar-refractivity contribution in [3.8, 4) is 5.75 Å². The second-order valence-electron chi connectivity index (χ2n) is 4.90. The lowest BCUT2D eigenvalue weighted by Crippen LogP contribution is -2.28. The number of rotatable bonds is 2. The van der Waals surface area contributed by atoms with Crippen molar-refractivity contribution in [2.45, 2.75) is 6.54 Å². The quantitative estimate of drug-likeness (QED) is 0.830. The van der Waals surface area contributed by atoms with E-state index in [9.17, 15) is 0 Å². The average molecular weight is 363 g/mol. The zero-order valence-electron chi connectivity index (χ0n) is 11.4. The first-order valence-corrected chi connectivity index (χ1v) is 7.90. The summed E-state index contributed by atoms with van der Waals surface area (Å²) in [6.45, 7) is 2.21. The molecule has 0 aromatic heterocycles. The number of ether oxygens (including phenoxy) is 1. The van der Waals surface area contributed by atoms with Gasteiger partial charge in [0.2, 0.25) is 0 Å². The summed E-state index contributed by atoms with van der Waals surface area (Å²) in [5, 5.41) is 0. The number of nitrogens with zero attached hydrogens (tertiary/aromatic N) is 1. The van der Waals surface area contributed by atoms with Crippen molar-refractivity contribution in [3.63, 3.8) is 0 Å². The van der Waals surface area contributed by atoms with Crippen molar-refractivity contribution in [1.29, 1.82) is 0 Å². The van der Waals surface area contributed by atoms with Gasteiger partial charge in [0, 0.05) is 27.8 Å². The number of fused-ring (bicyclic) bond motifs is 1. The predicted molar refractivity (Wildman–Crippen MR) is 93.0 cm³/mol. The van der Waals surface area contributed by atoms with E-state index >= 15 is 0 Å². The number of nitrogens with two attached hydrogens (primary N) is 1. The third-order valence-corrected chi connectivity index (χ3v) is 4.23. The van der Waals surface area contributed by atoms with Crippen LogP contribution in [-0.4, -0.2) is 18.1 Å². The first kappa shape index (κ1) is 14.4. The Hall–Kier alpha value is -1.59. The fraction of sp³-hybridized carbons (Fsp3) is 0.188. The monoisotopic (exact) mass is 362 g/mol. The molecule has 3 rings (SSSR count). The molecular formula is C16H15BrN2OS. The Morgan fingerprint density at radius 2 is 2.05 bits per heavy atom. The Morgan fingerprint density at radius 3 is 2.86 bits per heavy atom. The van der Waals surface area contributed by atoms with Crippen molar-refractivity contribution in [2.24, 2.45) is 5.73 Å². The molecule has 0 saturated heterocycles. The largest absolute Gasteiger partial charge is 0.491 e. The number of benzene rings is 2. The number of thiocarbonyl (C=S) groups is 1. The van der Waals surface area contributed by atoms with E-state index in [1.54, 1.807) is 0 Å². The van der Waals surface area contributed by atoms with E-state index in [0.29, 0.717) is 11.6 Å². The second kappa shape index (κ2) is 6.03. The molecule has 5 heteroatoms. The lowest BCUT2D eigenvalue weighted by atomic mass is 10.1. The summed E-state index contributed by atoms with van der Waals surface area (Å²) < 4.78 is 6.82. The van der Waals surface area contributed by atoms with Crippen molar-refractivity contribution < 1.29 is 4.74 Å². The minimum atomic E-state index is 0.413. The van der Waals surface area contributed by atoms with Crippen LogP contribution in [0.25, 0.3) is 0 Å². The summed E-state index contributed by atoms with van der Waals surface area (Å²) in [7, 11) is 0. The molecular weight excluding hydrogens is 348 g/mol. The highest BCUT2D eigenvalue weighted by molar-refractivity contribution is 9.10. The van der Waals surface area contributed by atoms with Crippen molar-refractivity contribution >= 4 is 38.8 Å². The van der Waals surface area contributed by atoms with E-state index in [1.807, 2.05) is 30.3 Å². The summed E-state index contributed by atoms with van der Waals surface area (Å²) in [5.41, 5.74) is 8.97. The SMILES string of the molecule is NC(=S)c1ccc(Br)cc1N1CCOc2ccccc2C1. The number of halogens is 1. The Kier molecular flexibility index (Phi) is 4.12. The van der Waals surface area contributed by atoms with Crippen LogP contribution in [0.15, 0.2) is 46.9 Å². The van der Waals surface area contributed by atoms with Gasteiger partial charge in [-0.15, -0.1) is 0 Å². The molecule has 0 saturated carbocycles. The number of anilines is 1. The zero-order chi connectivity index (χ0) is 14.8. The van der Waals surface area contributed by atoms with Crippen LogP contribution in [0, 0.1) is 0 Å². The molecule has 0 spiro atoms. The molecule has 21 heavy (non-hydrogen) atoms. The van der Waals surface area contributed by atoms with Crippen LogP contribution in [0.1, 0.15) is 11.1 Å². The Morgan fingerprint density at radius 1 is 1.24 bits per heavy atom. The van der Waals surface area contributed by atoms with E-state index in [2.05, 4.69) is 33.0 Å². The van der Waals surface area contributed by atoms with Crippen LogP contribution in [0.3, 0.4) is 0 Å². The molecule has 108 valence electrons. The van der Waals surface area contributed by atoms with Crippen molar-refractivity contribution in [2.75, 3.05) is 18.1 Å². The molecule has 1 heterocycles. The summed E-state index contributed by atoms with van der Waals surface area (Å²) in [6.07, 6.45) is 0. The molecule has 2 N–H and O–H groups in total. The van der Waals surface area contributed by atoms with Gasteiger partial charge in [0.05, 0.1) is 6.54 Å². The lowest BCUT2D eigenvalue weighted by molar-refractivity contribution is 0.331. The van der Waals surface area contributed by atoms with Gasteiger partial charge in [-0.05, 0) is 24.3 Å². The molecule has 3 nitrogen and oxygen atoms in total. The molecule has 0 aliphatic carbocycles. The Bertz CT molecular complexity index is 690. The molecule has 2 aromatic carbocycles. The van der Waals surface area contributed by atoms with Gasteiger partial charge in [-0.25, -0.2) is 0 Å². The van der Waals surface area contributed by atoms with Gasteiger partial charge in [0.1, 0.15) is 17.3 Å². The molecule has 0 radical (unpaired) electrons. The summed E-state index contributed by atoms with van der Waals surface area (Å²) in [4.78, 5) is 2.67. The fourth-order valence-corrected chi connectivity index (χ4v) is 3.03. The standard InChI is InChI=1S/C16H15BrN2OS/c17-12-5-6-13(16(18)21)14(9-12)19-7-8-20-15-4-2-1-3-11(15)10-19/h1-6,9H,7-8,10H2,(H2,18,21). The Balaban J connectivity index is 2.01. The van der Waals surface area contributed by atoms with Crippen molar-refractivity contribution in [3.05, 3.63) is 58.1 Å². The van der Waals surface area contributed by atoms with E-state index in [0.717, 1.165) is 34.6 Å². The topological polar surface area (TPSA) is 38.5 Å². The molecule has 1 aliphatic heterocycles. The van der Waals surface area contributed by atoms with E-state index in [4.69, 9.17) is 22.7 Å². The number of hydrogen-bond acceptors (Lipinski definition) is 3. The summed E-state index contributed by atoms with van der Waals surface area (Å²) >= 11 is 8.70. The van der Waals surface area contributed by atoms with E-state index in [-0.39, 0.29) is 0 Å². The molecule has 0 unspecified atom stereocenters. The molecule has 0 amide bonds. The van der Waals surface area contributed by atoms with Crippen LogP contribution >= 0.6 is 28.1 Å². The first-order chi connectivity index (χ1) is 10.1. The van der Waals surface area contributed by atoms with Gasteiger partial charge in [0.25, 0.3) is 0 Å². The number of hydrogen-bond donors (Lipinski definition) is 1. The van der Waals surface area contributed by atoms with Crippen LogP contribution < -0.4 is 15.4 Å². The highest BCUT2D eigenvalue weighted by Gasteiger charge is 2.18. The smallest absolute Gasteiger partial charge is 0.124 e. The highest BCUT2D eigenvalue weighted by Crippen LogP contribution is 2.30. The predicted octanol–water partition coefficient (Wildman–Crippen LogP) is 3.48. The third kappa shape index (κ3) is 3.04. The Labute approximate surface area is 137 Å². The van der Waals surface area contributed by atoms with Gasteiger partial charge in [-0.2, -0.15) is 0 Å². The van der Waals surface area contributed by atoms with Crippen LogP contribution in [0.4, 0.5) is 5.69 Å². The zero-order valence-corrected chi connectivity index (χ0v) is 13.8. The highest BCUT2D eigenvalue weighted by atomic mass is 79.9. The maximum absolute atomic E-state index is 5.86. The molecule has 0 bridgehead atoms. The van der Waals surface area contributed by atoms with Crippen LogP contribution in [0.5, 0.6) is 5.75 Å². The van der Waals surface area contributed by atoms with Gasteiger partial charge in [-0.3, -0.25) is 0 Å². The summed E-state index contributed by atoms with van der Waals surface area (Å²) in [5.74, 6) is 0.951. The van der Waals surface area contributed by atoms with Crippen LogP contribution in [-0.2, 0) is 6.54 Å².